The molecule has 3 heterocycles. The van der Waals surface area contributed by atoms with Crippen LogP contribution in [-0.2, 0) is 6.42 Å². The highest BCUT2D eigenvalue weighted by Gasteiger charge is 2.29. The SMILES string of the molecule is CCCc1cncnc1N1CCC[C@@H](N2CCN(c3ccccc3OC)CC2)C1. The Balaban J connectivity index is 1.39. The first-order valence-electron chi connectivity index (χ1n) is 11.0. The van der Waals surface area contributed by atoms with Crippen LogP contribution in [0.3, 0.4) is 0 Å². The van der Waals surface area contributed by atoms with E-state index in [1.807, 2.05) is 12.3 Å². The van der Waals surface area contributed by atoms with Crippen LogP contribution < -0.4 is 14.5 Å². The van der Waals surface area contributed by atoms with E-state index < -0.39 is 0 Å². The fraction of sp³-hybridized carbons (Fsp3) is 0.565. The summed E-state index contributed by atoms with van der Waals surface area (Å²) < 4.78 is 5.56. The van der Waals surface area contributed by atoms with Crippen molar-refractivity contribution in [1.29, 1.82) is 0 Å². The predicted molar refractivity (Wildman–Crippen MR) is 118 cm³/mol. The lowest BCUT2D eigenvalue weighted by Crippen LogP contribution is -2.55. The highest BCUT2D eigenvalue weighted by molar-refractivity contribution is 5.58. The number of piperazine rings is 1. The molecule has 0 saturated carbocycles. The van der Waals surface area contributed by atoms with Crippen LogP contribution in [0.1, 0.15) is 31.7 Å². The quantitative estimate of drug-likeness (QED) is 0.748. The largest absolute Gasteiger partial charge is 0.495 e. The van der Waals surface area contributed by atoms with E-state index in [0.29, 0.717) is 6.04 Å². The summed E-state index contributed by atoms with van der Waals surface area (Å²) in [4.78, 5) is 16.5. The van der Waals surface area contributed by atoms with Gasteiger partial charge in [0.25, 0.3) is 0 Å². The van der Waals surface area contributed by atoms with Crippen LogP contribution in [0.2, 0.25) is 0 Å². The van der Waals surface area contributed by atoms with E-state index in [9.17, 15) is 0 Å². The monoisotopic (exact) mass is 395 g/mol. The lowest BCUT2D eigenvalue weighted by Gasteiger charge is -2.44. The Bertz CT molecular complexity index is 790. The van der Waals surface area contributed by atoms with E-state index >= 15 is 0 Å². The molecule has 0 spiro atoms. The van der Waals surface area contributed by atoms with Gasteiger partial charge in [-0.25, -0.2) is 9.97 Å². The summed E-state index contributed by atoms with van der Waals surface area (Å²) in [6.07, 6.45) is 8.38. The van der Waals surface area contributed by atoms with Crippen molar-refractivity contribution in [2.75, 3.05) is 56.2 Å². The molecule has 1 atom stereocenters. The third-order valence-electron chi connectivity index (χ3n) is 6.24. The van der Waals surface area contributed by atoms with E-state index in [0.717, 1.165) is 63.7 Å². The minimum absolute atomic E-state index is 0.605. The zero-order valence-electron chi connectivity index (χ0n) is 17.8. The standard InChI is InChI=1S/C23H33N5O/c1-3-7-19-16-24-18-25-23(19)28-11-6-8-20(17-28)26-12-14-27(15-13-26)21-9-4-5-10-22(21)29-2/h4-5,9-10,16,18,20H,3,6-8,11-15,17H2,1-2H3/t20-/m1/s1. The summed E-state index contributed by atoms with van der Waals surface area (Å²) in [6.45, 7) is 8.69. The van der Waals surface area contributed by atoms with Crippen molar-refractivity contribution in [3.8, 4) is 5.75 Å². The van der Waals surface area contributed by atoms with Crippen LogP contribution in [0.15, 0.2) is 36.8 Å². The molecule has 2 aliphatic rings. The fourth-order valence-electron chi connectivity index (χ4n) is 4.75. The molecule has 156 valence electrons. The zero-order valence-corrected chi connectivity index (χ0v) is 17.8. The predicted octanol–water partition coefficient (Wildman–Crippen LogP) is 3.23. The van der Waals surface area contributed by atoms with Gasteiger partial charge in [0.15, 0.2) is 0 Å². The summed E-state index contributed by atoms with van der Waals surface area (Å²) >= 11 is 0. The van der Waals surface area contributed by atoms with E-state index in [-0.39, 0.29) is 0 Å². The maximum Gasteiger partial charge on any atom is 0.142 e. The Morgan fingerprint density at radius 1 is 1.07 bits per heavy atom. The molecule has 1 aromatic heterocycles. The molecule has 0 bridgehead atoms. The highest BCUT2D eigenvalue weighted by atomic mass is 16.5. The molecule has 0 amide bonds. The molecule has 0 unspecified atom stereocenters. The van der Waals surface area contributed by atoms with Gasteiger partial charge in [0.2, 0.25) is 0 Å². The molecule has 1 aromatic carbocycles. The number of nitrogens with zero attached hydrogens (tertiary/aromatic N) is 5. The molecular formula is C23H33N5O. The fourth-order valence-corrected chi connectivity index (χ4v) is 4.75. The van der Waals surface area contributed by atoms with E-state index in [2.05, 4.69) is 49.8 Å². The number of benzene rings is 1. The van der Waals surface area contributed by atoms with E-state index in [1.165, 1.54) is 24.1 Å². The van der Waals surface area contributed by atoms with Crippen LogP contribution in [0.4, 0.5) is 11.5 Å². The lowest BCUT2D eigenvalue weighted by atomic mass is 10.0. The molecule has 0 aliphatic carbocycles. The van der Waals surface area contributed by atoms with Gasteiger partial charge in [-0.3, -0.25) is 4.90 Å². The van der Waals surface area contributed by atoms with E-state index in [1.54, 1.807) is 13.4 Å². The van der Waals surface area contributed by atoms with Crippen LogP contribution >= 0.6 is 0 Å². The Labute approximate surface area is 174 Å². The number of piperidine rings is 1. The minimum atomic E-state index is 0.605. The summed E-state index contributed by atoms with van der Waals surface area (Å²) in [7, 11) is 1.76. The van der Waals surface area contributed by atoms with Crippen LogP contribution in [0, 0.1) is 0 Å². The Hall–Kier alpha value is -2.34. The van der Waals surface area contributed by atoms with Gasteiger partial charge >= 0.3 is 0 Å². The number of hydrogen-bond donors (Lipinski definition) is 0. The molecule has 0 N–H and O–H groups in total. The topological polar surface area (TPSA) is 44.7 Å². The second-order valence-corrected chi connectivity index (χ2v) is 8.06. The van der Waals surface area contributed by atoms with Gasteiger partial charge in [-0.1, -0.05) is 25.5 Å². The number of hydrogen-bond acceptors (Lipinski definition) is 6. The summed E-state index contributed by atoms with van der Waals surface area (Å²) in [5.41, 5.74) is 2.50. The van der Waals surface area contributed by atoms with Crippen molar-refractivity contribution in [1.82, 2.24) is 14.9 Å². The number of rotatable bonds is 6. The highest BCUT2D eigenvalue weighted by Crippen LogP contribution is 2.30. The molecule has 2 fully saturated rings. The molecule has 4 rings (SSSR count). The first-order chi connectivity index (χ1) is 14.3. The second-order valence-electron chi connectivity index (χ2n) is 8.06. The number of aromatic nitrogens is 2. The van der Waals surface area contributed by atoms with Gasteiger partial charge in [0, 0.05) is 57.1 Å². The average molecular weight is 396 g/mol. The van der Waals surface area contributed by atoms with Gasteiger partial charge in [0.1, 0.15) is 17.9 Å². The van der Waals surface area contributed by atoms with Gasteiger partial charge in [0.05, 0.1) is 12.8 Å². The molecule has 2 saturated heterocycles. The average Bonchev–Trinajstić information content (AvgIpc) is 2.80. The summed E-state index contributed by atoms with van der Waals surface area (Å²) in [5.74, 6) is 2.12. The second kappa shape index (κ2) is 9.44. The first-order valence-corrected chi connectivity index (χ1v) is 11.0. The molecule has 29 heavy (non-hydrogen) atoms. The minimum Gasteiger partial charge on any atom is -0.495 e. The third-order valence-corrected chi connectivity index (χ3v) is 6.24. The van der Waals surface area contributed by atoms with Crippen molar-refractivity contribution in [3.63, 3.8) is 0 Å². The van der Waals surface area contributed by atoms with Crippen molar-refractivity contribution < 1.29 is 4.74 Å². The van der Waals surface area contributed by atoms with Gasteiger partial charge in [-0.15, -0.1) is 0 Å². The molecule has 2 aromatic rings. The normalized spacial score (nSPS) is 20.7. The summed E-state index contributed by atoms with van der Waals surface area (Å²) in [5, 5.41) is 0. The van der Waals surface area contributed by atoms with Gasteiger partial charge in [-0.05, 0) is 31.4 Å². The van der Waals surface area contributed by atoms with Crippen molar-refractivity contribution in [3.05, 3.63) is 42.4 Å². The van der Waals surface area contributed by atoms with Gasteiger partial charge < -0.3 is 14.5 Å². The molecule has 6 heteroatoms. The Morgan fingerprint density at radius 3 is 2.69 bits per heavy atom. The lowest BCUT2D eigenvalue weighted by molar-refractivity contribution is 0.166. The molecule has 2 aliphatic heterocycles. The third kappa shape index (κ3) is 4.47. The first kappa shape index (κ1) is 20.0. The van der Waals surface area contributed by atoms with Crippen molar-refractivity contribution >= 4 is 11.5 Å². The van der Waals surface area contributed by atoms with Crippen molar-refractivity contribution in [2.45, 2.75) is 38.6 Å². The van der Waals surface area contributed by atoms with E-state index in [4.69, 9.17) is 4.74 Å². The zero-order chi connectivity index (χ0) is 20.1. The summed E-state index contributed by atoms with van der Waals surface area (Å²) in [6, 6.07) is 8.96. The Kier molecular flexibility index (Phi) is 6.49. The smallest absolute Gasteiger partial charge is 0.142 e. The Morgan fingerprint density at radius 2 is 1.90 bits per heavy atom. The van der Waals surface area contributed by atoms with Crippen LogP contribution in [-0.4, -0.2) is 67.3 Å². The van der Waals surface area contributed by atoms with Crippen LogP contribution in [0.25, 0.3) is 0 Å². The molecular weight excluding hydrogens is 362 g/mol. The number of para-hydroxylation sites is 2. The van der Waals surface area contributed by atoms with Crippen LogP contribution in [0.5, 0.6) is 5.75 Å². The maximum atomic E-state index is 5.56. The number of methoxy groups -OCH3 is 1. The molecule has 0 radical (unpaired) electrons. The number of anilines is 2. The maximum absolute atomic E-state index is 5.56. The number of ether oxygens (including phenoxy) is 1. The van der Waals surface area contributed by atoms with Gasteiger partial charge in [-0.2, -0.15) is 0 Å². The van der Waals surface area contributed by atoms with Crippen molar-refractivity contribution in [2.24, 2.45) is 0 Å². The molecule has 6 nitrogen and oxygen atoms in total. The number of aryl methyl sites for hydroxylation is 1.